The lowest BCUT2D eigenvalue weighted by molar-refractivity contribution is 0.397. The van der Waals surface area contributed by atoms with Crippen molar-refractivity contribution in [2.75, 3.05) is 24.1 Å². The summed E-state index contributed by atoms with van der Waals surface area (Å²) >= 11 is 0.701. The smallest absolute Gasteiger partial charge is 0.242 e. The van der Waals surface area contributed by atoms with Gasteiger partial charge in [-0.05, 0) is 24.7 Å². The molecule has 0 spiro atoms. The molecule has 0 saturated heterocycles. The summed E-state index contributed by atoms with van der Waals surface area (Å²) in [5.41, 5.74) is 17.0. The van der Waals surface area contributed by atoms with Gasteiger partial charge in [0.05, 0.1) is 22.3 Å². The molecule has 31 heavy (non-hydrogen) atoms. The molecule has 0 bridgehead atoms. The maximum atomic E-state index is 12.8. The highest BCUT2D eigenvalue weighted by atomic mass is 32.2. The van der Waals surface area contributed by atoms with Gasteiger partial charge in [-0.15, -0.1) is 5.10 Å². The Balaban J connectivity index is 2.47. The predicted molar refractivity (Wildman–Crippen MR) is 122 cm³/mol. The van der Waals surface area contributed by atoms with Gasteiger partial charge in [0.25, 0.3) is 0 Å². The van der Waals surface area contributed by atoms with E-state index in [0.29, 0.717) is 34.4 Å². The number of nitrogens with one attached hydrogen (secondary N) is 3. The van der Waals surface area contributed by atoms with Crippen LogP contribution in [0.2, 0.25) is 0 Å². The molecule has 13 nitrogen and oxygen atoms in total. The lowest BCUT2D eigenvalue weighted by Gasteiger charge is -2.24. The van der Waals surface area contributed by atoms with Gasteiger partial charge >= 0.3 is 0 Å². The number of benzene rings is 2. The Morgan fingerprint density at radius 1 is 1.29 bits per heavy atom. The largest absolute Gasteiger partial charge is 0.382 e. The van der Waals surface area contributed by atoms with Gasteiger partial charge in [0.15, 0.2) is 11.8 Å². The summed E-state index contributed by atoms with van der Waals surface area (Å²) in [6, 6.07) is 8.45. The number of H-pyrrole nitrogens is 1. The van der Waals surface area contributed by atoms with E-state index >= 15 is 0 Å². The summed E-state index contributed by atoms with van der Waals surface area (Å²) in [7, 11) is -1.05. The zero-order chi connectivity index (χ0) is 22.8. The van der Waals surface area contributed by atoms with E-state index in [1.165, 1.54) is 17.4 Å². The molecule has 1 heterocycles. The van der Waals surface area contributed by atoms with Gasteiger partial charge in [-0.2, -0.15) is 0 Å². The average Bonchev–Trinajstić information content (AvgIpc) is 3.13. The highest BCUT2D eigenvalue weighted by Gasteiger charge is 2.28. The van der Waals surface area contributed by atoms with Crippen LogP contribution in [0.4, 0.5) is 11.6 Å². The summed E-state index contributed by atoms with van der Waals surface area (Å²) in [5, 5.41) is 3.86. The fourth-order valence-corrected chi connectivity index (χ4v) is 4.60. The molecule has 0 aliphatic rings. The number of para-hydroxylation sites is 1. The molecule has 1 aromatic heterocycles. The van der Waals surface area contributed by atoms with Gasteiger partial charge in [-0.3, -0.25) is 4.31 Å². The molecule has 3 rings (SSSR count). The molecular weight excluding hydrogens is 444 g/mol. The Labute approximate surface area is 182 Å². The number of nitrogens with zero attached hydrogens (tertiary/aromatic N) is 3. The van der Waals surface area contributed by atoms with Crippen molar-refractivity contribution in [3.05, 3.63) is 35.9 Å². The summed E-state index contributed by atoms with van der Waals surface area (Å²) in [6.07, 6.45) is 0. The number of amidine groups is 1. The van der Waals surface area contributed by atoms with E-state index < -0.39 is 10.0 Å². The van der Waals surface area contributed by atoms with E-state index in [4.69, 9.17) is 23.2 Å². The second-order valence-electron chi connectivity index (χ2n) is 6.16. The summed E-state index contributed by atoms with van der Waals surface area (Å²) in [4.78, 5) is 7.22. The molecule has 0 aliphatic heterocycles. The molecule has 0 aliphatic carbocycles. The van der Waals surface area contributed by atoms with Crippen LogP contribution in [0.3, 0.4) is 0 Å². The number of hydrazine groups is 1. The van der Waals surface area contributed by atoms with Gasteiger partial charge in [-0.25, -0.2) is 39.7 Å². The second-order valence-corrected chi connectivity index (χ2v) is 8.90. The Morgan fingerprint density at radius 3 is 2.68 bits per heavy atom. The number of sulfonamides is 1. The standard InChI is InChI=1S/C16H22N10O3S2/c1-21-31(27,28)11-7-6-8(9-4-3-5-10-13(9)23-16(18)22-10)12(15(17)24-25-19)14(11)26(2)30-29-20/h3-7,21,25H,19-20H2,1-2H3,(H2,17,24)(H3,18,22,23). The first-order valence-electron chi connectivity index (χ1n) is 8.66. The molecule has 11 N–H and O–H groups in total. The molecule has 0 unspecified atom stereocenters. The third kappa shape index (κ3) is 4.22. The summed E-state index contributed by atoms with van der Waals surface area (Å²) in [5.74, 6) is 10.7. The van der Waals surface area contributed by atoms with Crippen LogP contribution in [0, 0.1) is 0 Å². The number of aromatic nitrogens is 2. The molecule has 2 aromatic carbocycles. The predicted octanol–water partition coefficient (Wildman–Crippen LogP) is -0.306. The molecular formula is C16H22N10O3S2. The number of imidazole rings is 1. The topological polar surface area (TPSA) is 216 Å². The summed E-state index contributed by atoms with van der Waals surface area (Å²) < 4.78 is 33.8. The van der Waals surface area contributed by atoms with Crippen molar-refractivity contribution in [2.45, 2.75) is 4.90 Å². The molecule has 0 atom stereocenters. The van der Waals surface area contributed by atoms with Crippen molar-refractivity contribution in [3.63, 3.8) is 0 Å². The number of aromatic amines is 1. The van der Waals surface area contributed by atoms with E-state index in [9.17, 15) is 8.42 Å². The molecule has 3 aromatic rings. The number of anilines is 2. The van der Waals surface area contributed by atoms with Crippen LogP contribution in [-0.4, -0.2) is 38.3 Å². The quantitative estimate of drug-likeness (QED) is 0.0570. The first kappa shape index (κ1) is 22.6. The van der Waals surface area contributed by atoms with Crippen LogP contribution in [0.15, 0.2) is 40.3 Å². The van der Waals surface area contributed by atoms with Crippen LogP contribution in [-0.2, 0) is 14.3 Å². The van der Waals surface area contributed by atoms with E-state index in [-0.39, 0.29) is 27.9 Å². The minimum absolute atomic E-state index is 0.0781. The Kier molecular flexibility index (Phi) is 6.54. The lowest BCUT2D eigenvalue weighted by atomic mass is 9.96. The van der Waals surface area contributed by atoms with Crippen molar-refractivity contribution < 1.29 is 12.7 Å². The number of nitrogens with two attached hydrogens (primary N) is 4. The first-order valence-corrected chi connectivity index (χ1v) is 10.8. The van der Waals surface area contributed by atoms with E-state index in [2.05, 4.69) is 29.6 Å². The fraction of sp³-hybridized carbons (Fsp3) is 0.125. The third-order valence-electron chi connectivity index (χ3n) is 4.43. The van der Waals surface area contributed by atoms with Gasteiger partial charge < -0.3 is 16.5 Å². The first-order chi connectivity index (χ1) is 14.7. The highest BCUT2D eigenvalue weighted by Crippen LogP contribution is 2.40. The number of fused-ring (bicyclic) bond motifs is 1. The van der Waals surface area contributed by atoms with E-state index in [0.717, 1.165) is 0 Å². The Hall–Kier alpha value is -3.08. The van der Waals surface area contributed by atoms with Crippen LogP contribution in [0.5, 0.6) is 0 Å². The fourth-order valence-electron chi connectivity index (χ4n) is 3.19. The molecule has 0 radical (unpaired) electrons. The van der Waals surface area contributed by atoms with Crippen molar-refractivity contribution in [1.29, 1.82) is 0 Å². The maximum Gasteiger partial charge on any atom is 0.242 e. The third-order valence-corrected chi connectivity index (χ3v) is 6.37. The van der Waals surface area contributed by atoms with Crippen LogP contribution in [0.25, 0.3) is 22.2 Å². The van der Waals surface area contributed by atoms with Crippen molar-refractivity contribution in [3.8, 4) is 11.1 Å². The molecule has 15 heteroatoms. The van der Waals surface area contributed by atoms with Crippen molar-refractivity contribution >= 4 is 50.8 Å². The van der Waals surface area contributed by atoms with Crippen molar-refractivity contribution in [1.82, 2.24) is 20.2 Å². The normalized spacial score (nSPS) is 12.3. The molecule has 0 saturated carbocycles. The zero-order valence-corrected chi connectivity index (χ0v) is 18.2. The van der Waals surface area contributed by atoms with Crippen LogP contribution in [0.1, 0.15) is 5.56 Å². The molecule has 0 fully saturated rings. The second kappa shape index (κ2) is 8.96. The monoisotopic (exact) mass is 466 g/mol. The molecule has 166 valence electrons. The van der Waals surface area contributed by atoms with E-state index in [1.807, 2.05) is 6.07 Å². The van der Waals surface area contributed by atoms with Gasteiger partial charge in [-0.1, -0.05) is 18.2 Å². The Morgan fingerprint density at radius 2 is 2.03 bits per heavy atom. The van der Waals surface area contributed by atoms with Crippen LogP contribution >= 0.6 is 12.2 Å². The highest BCUT2D eigenvalue weighted by molar-refractivity contribution is 7.96. The van der Waals surface area contributed by atoms with Gasteiger partial charge in [0.2, 0.25) is 10.0 Å². The van der Waals surface area contributed by atoms with Crippen LogP contribution < -0.4 is 37.8 Å². The number of hydrogen-bond acceptors (Lipinski definition) is 11. The van der Waals surface area contributed by atoms with Gasteiger partial charge in [0, 0.05) is 12.6 Å². The zero-order valence-electron chi connectivity index (χ0n) is 16.6. The minimum Gasteiger partial charge on any atom is -0.382 e. The minimum atomic E-state index is -3.91. The number of hydrazone groups is 1. The van der Waals surface area contributed by atoms with Crippen molar-refractivity contribution in [2.24, 2.45) is 22.6 Å². The van der Waals surface area contributed by atoms with Gasteiger partial charge in [0.1, 0.15) is 17.1 Å². The SMILES string of the molecule is CNS(=O)(=O)c1ccc(-c2cccc3[nH]c(N)nc23)c(/C(N)=N/NN)c1N(C)SON. The number of hydrogen-bond donors (Lipinski definition) is 7. The molecule has 0 amide bonds. The maximum absolute atomic E-state index is 12.8. The summed E-state index contributed by atoms with van der Waals surface area (Å²) in [6.45, 7) is 0. The number of rotatable bonds is 8. The average molecular weight is 467 g/mol. The van der Waals surface area contributed by atoms with E-state index in [1.54, 1.807) is 25.2 Å². The Bertz CT molecular complexity index is 1240. The lowest BCUT2D eigenvalue weighted by Crippen LogP contribution is -2.28. The number of nitrogen functional groups attached to an aromatic ring is 1.